The molecule has 0 spiro atoms. The van der Waals surface area contributed by atoms with Crippen LogP contribution in [0.1, 0.15) is 203 Å². The monoisotopic (exact) mass is 1470 g/mol. The lowest BCUT2D eigenvalue weighted by molar-refractivity contribution is 0.286. The summed E-state index contributed by atoms with van der Waals surface area (Å²) >= 11 is 0. The maximum atomic E-state index is 15.0. The number of benzene rings is 10. The molecule has 10 aromatic carbocycles. The predicted molar refractivity (Wildman–Crippen MR) is 450 cm³/mol. The van der Waals surface area contributed by atoms with E-state index in [0.717, 1.165) is 178 Å². The minimum atomic E-state index is -0.297. The molecule has 566 valence electrons. The fourth-order valence-corrected chi connectivity index (χ4v) is 17.0. The number of hydrogen-bond acceptors (Lipinski definition) is 8. The lowest BCUT2D eigenvalue weighted by Crippen LogP contribution is -2.13. The van der Waals surface area contributed by atoms with E-state index >= 15 is 8.78 Å². The zero-order chi connectivity index (χ0) is 75.4. The van der Waals surface area contributed by atoms with Crippen LogP contribution in [0.3, 0.4) is 0 Å². The van der Waals surface area contributed by atoms with Crippen molar-refractivity contribution in [1.82, 2.24) is 19.9 Å². The quantitative estimate of drug-likeness (QED) is 0.0363. The summed E-state index contributed by atoms with van der Waals surface area (Å²) in [7, 11) is 0. The first-order valence-corrected chi connectivity index (χ1v) is 41.4. The third-order valence-corrected chi connectivity index (χ3v) is 23.2. The van der Waals surface area contributed by atoms with Gasteiger partial charge in [-0.05, 0) is 289 Å². The van der Waals surface area contributed by atoms with Crippen LogP contribution in [-0.4, -0.2) is 46.4 Å². The fourth-order valence-electron chi connectivity index (χ4n) is 17.0. The Hall–Kier alpha value is -10.1. The minimum absolute atomic E-state index is 0.297. The van der Waals surface area contributed by atoms with Gasteiger partial charge in [0.2, 0.25) is 0 Å². The van der Waals surface area contributed by atoms with Crippen LogP contribution < -0.4 is 18.9 Å². The van der Waals surface area contributed by atoms with Gasteiger partial charge in [0.1, 0.15) is 34.6 Å². The minimum Gasteiger partial charge on any atom is -0.494 e. The number of aromatic nitrogens is 4. The first kappa shape index (κ1) is 76.7. The molecule has 0 bridgehead atoms. The highest BCUT2D eigenvalue weighted by Gasteiger charge is 2.26. The molecule has 0 N–H and O–H groups in total. The number of halogens is 2. The van der Waals surface area contributed by atoms with Crippen LogP contribution >= 0.6 is 0 Å². The van der Waals surface area contributed by atoms with Gasteiger partial charge in [0.05, 0.1) is 37.6 Å². The summed E-state index contributed by atoms with van der Waals surface area (Å²) in [6.45, 7) is 11.2. The number of unbranched alkanes of at least 4 members (excludes halogenated alkanes) is 6. The van der Waals surface area contributed by atoms with Gasteiger partial charge in [0.15, 0.2) is 11.6 Å². The second-order valence-corrected chi connectivity index (χ2v) is 31.0. The summed E-state index contributed by atoms with van der Waals surface area (Å²) in [6.07, 6.45) is 34.0. The average molecular weight is 1470 g/mol. The van der Waals surface area contributed by atoms with Gasteiger partial charge in [-0.1, -0.05) is 188 Å². The number of aryl methyl sites for hydroxylation is 2. The number of rotatable bonds is 35. The summed E-state index contributed by atoms with van der Waals surface area (Å²) < 4.78 is 56.7. The molecule has 0 radical (unpaired) electrons. The van der Waals surface area contributed by atoms with Gasteiger partial charge in [0.25, 0.3) is 0 Å². The molecule has 8 nitrogen and oxygen atoms in total. The van der Waals surface area contributed by atoms with E-state index in [1.165, 1.54) is 110 Å². The Kier molecular flexibility index (Phi) is 26.5. The van der Waals surface area contributed by atoms with Gasteiger partial charge in [-0.2, -0.15) is 0 Å². The molecule has 2 aliphatic rings. The molecule has 0 unspecified atom stereocenters. The van der Waals surface area contributed by atoms with E-state index in [1.807, 2.05) is 60.7 Å². The SMILES string of the molecule is CCCc1ccc(-c2ncc(-c3ccc(OCCCCCCOc4ccc5cc(-c6ccc(C7CCC(CCC)CC7)cc6)ccc5c4-c4c(OCCCCCCOc5ccc(-c6cnc(-c7ccc(CCC)cc7F)nc6)cc5)ccc5cc(-c6ccc(C7CCC(CCC)CC7)cc6)ccc45)cc3)cn2)c(F)c1. The van der Waals surface area contributed by atoms with Gasteiger partial charge in [-0.3, -0.25) is 0 Å². The third-order valence-electron chi connectivity index (χ3n) is 23.2. The van der Waals surface area contributed by atoms with Crippen LogP contribution in [-0.2, 0) is 12.8 Å². The van der Waals surface area contributed by atoms with Crippen molar-refractivity contribution < 1.29 is 27.7 Å². The Morgan fingerprint density at radius 2 is 0.664 bits per heavy atom. The van der Waals surface area contributed by atoms with Gasteiger partial charge >= 0.3 is 0 Å². The number of fused-ring (bicyclic) bond motifs is 2. The zero-order valence-electron chi connectivity index (χ0n) is 65.1. The largest absolute Gasteiger partial charge is 0.494 e. The van der Waals surface area contributed by atoms with Crippen molar-refractivity contribution in [2.24, 2.45) is 11.8 Å². The first-order valence-electron chi connectivity index (χ1n) is 41.4. The summed E-state index contributed by atoms with van der Waals surface area (Å²) in [6, 6.07) is 68.5. The van der Waals surface area contributed by atoms with Crippen LogP contribution in [0.25, 0.3) is 100.0 Å². The number of nitrogens with zero attached hydrogens (tertiary/aromatic N) is 4. The van der Waals surface area contributed by atoms with E-state index < -0.39 is 0 Å². The molecule has 2 saturated carbocycles. The van der Waals surface area contributed by atoms with Crippen molar-refractivity contribution in [2.45, 2.75) is 194 Å². The Labute approximate surface area is 651 Å². The van der Waals surface area contributed by atoms with Crippen molar-refractivity contribution in [3.8, 4) is 101 Å². The lowest BCUT2D eigenvalue weighted by atomic mass is 9.77. The Morgan fingerprint density at radius 3 is 1.02 bits per heavy atom. The molecule has 12 aromatic rings. The van der Waals surface area contributed by atoms with Crippen molar-refractivity contribution in [1.29, 1.82) is 0 Å². The van der Waals surface area contributed by atoms with E-state index in [9.17, 15) is 0 Å². The second-order valence-electron chi connectivity index (χ2n) is 31.0. The van der Waals surface area contributed by atoms with Crippen LogP contribution in [0.4, 0.5) is 8.78 Å². The molecule has 2 aromatic heterocycles. The van der Waals surface area contributed by atoms with E-state index in [4.69, 9.17) is 18.9 Å². The highest BCUT2D eigenvalue weighted by molar-refractivity contribution is 6.11. The van der Waals surface area contributed by atoms with Crippen molar-refractivity contribution in [3.63, 3.8) is 0 Å². The molecule has 0 saturated heterocycles. The lowest BCUT2D eigenvalue weighted by Gasteiger charge is -2.28. The summed E-state index contributed by atoms with van der Waals surface area (Å²) in [5.74, 6) is 6.53. The fraction of sp³-hybridized carbons (Fsp3) is 0.360. The molecular weight excluding hydrogens is 1360 g/mol. The number of ether oxygens (including phenoxy) is 4. The predicted octanol–water partition coefficient (Wildman–Crippen LogP) is 27.6. The Balaban J connectivity index is 0.662. The second kappa shape index (κ2) is 38.0. The van der Waals surface area contributed by atoms with Crippen LogP contribution in [0.2, 0.25) is 0 Å². The molecule has 0 atom stereocenters. The van der Waals surface area contributed by atoms with E-state index in [-0.39, 0.29) is 11.6 Å². The van der Waals surface area contributed by atoms with Gasteiger partial charge in [-0.25, -0.2) is 28.7 Å². The zero-order valence-corrected chi connectivity index (χ0v) is 65.1. The van der Waals surface area contributed by atoms with Crippen molar-refractivity contribution >= 4 is 21.5 Å². The Morgan fingerprint density at radius 1 is 0.318 bits per heavy atom. The normalized spacial score (nSPS) is 15.8. The summed E-state index contributed by atoms with van der Waals surface area (Å²) in [4.78, 5) is 18.1. The van der Waals surface area contributed by atoms with E-state index in [2.05, 4.69) is 157 Å². The number of hydrogen-bond donors (Lipinski definition) is 0. The van der Waals surface area contributed by atoms with E-state index in [0.29, 0.717) is 61.0 Å². The first-order chi connectivity index (χ1) is 54.1. The third kappa shape index (κ3) is 19.4. The molecule has 2 fully saturated rings. The van der Waals surface area contributed by atoms with Gasteiger partial charge in [-0.15, -0.1) is 0 Å². The maximum absolute atomic E-state index is 15.0. The van der Waals surface area contributed by atoms with Gasteiger partial charge < -0.3 is 18.9 Å². The highest BCUT2D eigenvalue weighted by Crippen LogP contribution is 2.48. The topological polar surface area (TPSA) is 88.5 Å². The molecular formula is C100H108F2N4O4. The van der Waals surface area contributed by atoms with Crippen molar-refractivity contribution in [3.05, 3.63) is 253 Å². The molecule has 0 amide bonds. The summed E-state index contributed by atoms with van der Waals surface area (Å²) in [5.41, 5.74) is 16.3. The maximum Gasteiger partial charge on any atom is 0.162 e. The highest BCUT2D eigenvalue weighted by atomic mass is 19.1. The smallest absolute Gasteiger partial charge is 0.162 e. The van der Waals surface area contributed by atoms with Crippen LogP contribution in [0, 0.1) is 23.5 Å². The molecule has 0 aliphatic heterocycles. The molecule has 2 aliphatic carbocycles. The standard InChI is InChI=1S/C100H108F2N4O4/c1-5-17-69-21-27-73(28-22-69)75-31-35-77(36-32-75)81-43-53-89-83(63-81)45-55-95(109-59-15-11-9-13-57-107-87-47-39-79(40-48-87)85-65-103-99(104-66-85)91-51-25-71(19-7-3)61-93(91)101)97(89)98-90-54-44-82(78-37-33-76(34-38-78)74-29-23-70(18-6-2)24-30-74)64-84(90)46-56-96(98)110-60-16-12-10-14-58-108-88-49-41-80(42-50-88)86-67-105-100(106-68-86)92-52-26-72(20-8-4)62-94(92)102/h25-26,31-56,61-70,73-74H,5-24,27-30,57-60H2,1-4H3. The van der Waals surface area contributed by atoms with Crippen LogP contribution in [0.5, 0.6) is 23.0 Å². The Bertz CT molecular complexity index is 4620. The van der Waals surface area contributed by atoms with Crippen LogP contribution in [0.15, 0.2) is 219 Å². The van der Waals surface area contributed by atoms with Crippen molar-refractivity contribution in [2.75, 3.05) is 26.4 Å². The average Bonchev–Trinajstić information content (AvgIpc) is 0.743. The molecule has 2 heterocycles. The molecule has 14 rings (SSSR count). The summed E-state index contributed by atoms with van der Waals surface area (Å²) in [5, 5.41) is 4.57. The molecule has 110 heavy (non-hydrogen) atoms. The molecule has 10 heteroatoms. The van der Waals surface area contributed by atoms with Gasteiger partial charge in [0, 0.05) is 47.0 Å². The van der Waals surface area contributed by atoms with E-state index in [1.54, 1.807) is 49.1 Å².